The first-order valence-electron chi connectivity index (χ1n) is 8.63. The van der Waals surface area contributed by atoms with Gasteiger partial charge in [0.1, 0.15) is 16.8 Å². The number of nitrogens with zero attached hydrogens (tertiary/aromatic N) is 1. The van der Waals surface area contributed by atoms with Crippen molar-refractivity contribution in [1.82, 2.24) is 4.98 Å². The highest BCUT2D eigenvalue weighted by Crippen LogP contribution is 2.36. The summed E-state index contributed by atoms with van der Waals surface area (Å²) in [5, 5.41) is 4.23. The number of benzene rings is 2. The second-order valence-corrected chi connectivity index (χ2v) is 6.81. The number of methoxy groups -OCH3 is 1. The number of ether oxygens (including phenoxy) is 2. The maximum Gasteiger partial charge on any atom is 0.341 e. The lowest BCUT2D eigenvalue weighted by Gasteiger charge is -2.17. The summed E-state index contributed by atoms with van der Waals surface area (Å²) >= 11 is 1.68. The molecular formula is C21H22N2O3S. The van der Waals surface area contributed by atoms with Gasteiger partial charge in [-0.3, -0.25) is 4.98 Å². The van der Waals surface area contributed by atoms with Gasteiger partial charge in [0.15, 0.2) is 0 Å². The normalized spacial score (nSPS) is 10.7. The molecule has 1 heterocycles. The number of carbonyl (C=O) groups is 1. The Morgan fingerprint density at radius 3 is 2.56 bits per heavy atom. The van der Waals surface area contributed by atoms with Gasteiger partial charge >= 0.3 is 5.97 Å². The lowest BCUT2D eigenvalue weighted by Crippen LogP contribution is -2.10. The van der Waals surface area contributed by atoms with Crippen LogP contribution in [0.25, 0.3) is 10.9 Å². The number of rotatable bonds is 6. The van der Waals surface area contributed by atoms with Gasteiger partial charge in [0.25, 0.3) is 0 Å². The van der Waals surface area contributed by atoms with Gasteiger partial charge in [-0.15, -0.1) is 11.8 Å². The van der Waals surface area contributed by atoms with E-state index in [4.69, 9.17) is 9.47 Å². The molecular weight excluding hydrogens is 360 g/mol. The number of anilines is 2. The van der Waals surface area contributed by atoms with E-state index in [0.29, 0.717) is 29.1 Å². The number of pyridine rings is 1. The highest BCUT2D eigenvalue weighted by atomic mass is 32.2. The van der Waals surface area contributed by atoms with Crippen LogP contribution in [0.3, 0.4) is 0 Å². The van der Waals surface area contributed by atoms with Gasteiger partial charge in [0, 0.05) is 22.2 Å². The SMILES string of the molecule is CCOC(=O)c1cnc2c(OC)ccc(C)c2c1Nc1ccc(SC)cc1. The van der Waals surface area contributed by atoms with Crippen LogP contribution < -0.4 is 10.1 Å². The summed E-state index contributed by atoms with van der Waals surface area (Å²) in [6.45, 7) is 4.07. The Morgan fingerprint density at radius 1 is 1.19 bits per heavy atom. The molecule has 1 N–H and O–H groups in total. The van der Waals surface area contributed by atoms with Crippen LogP contribution in [0, 0.1) is 6.92 Å². The highest BCUT2D eigenvalue weighted by molar-refractivity contribution is 7.98. The van der Waals surface area contributed by atoms with Crippen molar-refractivity contribution in [2.24, 2.45) is 0 Å². The number of carbonyl (C=O) groups excluding carboxylic acids is 1. The minimum atomic E-state index is -0.405. The van der Waals surface area contributed by atoms with E-state index in [0.717, 1.165) is 16.6 Å². The zero-order chi connectivity index (χ0) is 19.4. The predicted octanol–water partition coefficient (Wildman–Crippen LogP) is 5.19. The number of fused-ring (bicyclic) bond motifs is 1. The van der Waals surface area contributed by atoms with Crippen LogP contribution in [0.15, 0.2) is 47.5 Å². The van der Waals surface area contributed by atoms with Crippen LogP contribution in [-0.2, 0) is 4.74 Å². The molecule has 3 aromatic rings. The molecule has 0 bridgehead atoms. The molecule has 0 fully saturated rings. The molecule has 0 aliphatic heterocycles. The molecule has 3 rings (SSSR count). The Balaban J connectivity index is 2.20. The summed E-state index contributed by atoms with van der Waals surface area (Å²) in [7, 11) is 1.61. The second-order valence-electron chi connectivity index (χ2n) is 5.93. The van der Waals surface area contributed by atoms with Crippen LogP contribution in [0.2, 0.25) is 0 Å². The van der Waals surface area contributed by atoms with Crippen molar-refractivity contribution in [3.05, 3.63) is 53.7 Å². The summed E-state index contributed by atoms with van der Waals surface area (Å²) in [5.74, 6) is 0.254. The summed E-state index contributed by atoms with van der Waals surface area (Å²) < 4.78 is 10.7. The van der Waals surface area contributed by atoms with Crippen molar-refractivity contribution >= 4 is 40.0 Å². The summed E-state index contributed by atoms with van der Waals surface area (Å²) in [6.07, 6.45) is 3.58. The molecule has 0 saturated heterocycles. The van der Waals surface area contributed by atoms with E-state index in [2.05, 4.69) is 10.3 Å². The van der Waals surface area contributed by atoms with Gasteiger partial charge in [-0.05, 0) is 56.0 Å². The van der Waals surface area contributed by atoms with Crippen LogP contribution in [-0.4, -0.2) is 30.9 Å². The number of thioether (sulfide) groups is 1. The Kier molecular flexibility index (Phi) is 5.86. The zero-order valence-corrected chi connectivity index (χ0v) is 16.6. The van der Waals surface area contributed by atoms with E-state index in [-0.39, 0.29) is 0 Å². The highest BCUT2D eigenvalue weighted by Gasteiger charge is 2.20. The first-order valence-corrected chi connectivity index (χ1v) is 9.86. The van der Waals surface area contributed by atoms with Crippen LogP contribution in [0.5, 0.6) is 5.75 Å². The van der Waals surface area contributed by atoms with Gasteiger partial charge < -0.3 is 14.8 Å². The first-order chi connectivity index (χ1) is 13.1. The molecule has 0 saturated carbocycles. The van der Waals surface area contributed by atoms with E-state index < -0.39 is 5.97 Å². The molecule has 0 amide bonds. The lowest BCUT2D eigenvalue weighted by molar-refractivity contribution is 0.0527. The van der Waals surface area contributed by atoms with Crippen LogP contribution >= 0.6 is 11.8 Å². The molecule has 6 heteroatoms. The fourth-order valence-corrected chi connectivity index (χ4v) is 3.33. The molecule has 140 valence electrons. The largest absolute Gasteiger partial charge is 0.494 e. The summed E-state index contributed by atoms with van der Waals surface area (Å²) in [5.41, 5.74) is 3.65. The standard InChI is InChI=1S/C21H22N2O3S/c1-5-26-21(24)16-12-22-20-17(25-3)11-6-13(2)18(20)19(16)23-14-7-9-15(27-4)10-8-14/h6-12H,5H2,1-4H3,(H,22,23). The molecule has 2 aromatic carbocycles. The van der Waals surface area contributed by atoms with E-state index >= 15 is 0 Å². The molecule has 0 aliphatic carbocycles. The monoisotopic (exact) mass is 382 g/mol. The molecule has 0 radical (unpaired) electrons. The third kappa shape index (κ3) is 3.85. The molecule has 5 nitrogen and oxygen atoms in total. The van der Waals surface area contributed by atoms with Gasteiger partial charge in [-0.25, -0.2) is 4.79 Å². The van der Waals surface area contributed by atoms with Gasteiger partial charge in [0.2, 0.25) is 0 Å². The maximum atomic E-state index is 12.5. The zero-order valence-electron chi connectivity index (χ0n) is 15.8. The second kappa shape index (κ2) is 8.31. The van der Waals surface area contributed by atoms with E-state index in [9.17, 15) is 4.79 Å². The minimum absolute atomic E-state index is 0.301. The lowest BCUT2D eigenvalue weighted by atomic mass is 10.0. The van der Waals surface area contributed by atoms with Crippen molar-refractivity contribution in [3.8, 4) is 5.75 Å². The van der Waals surface area contributed by atoms with Crippen LogP contribution in [0.1, 0.15) is 22.8 Å². The minimum Gasteiger partial charge on any atom is -0.494 e. The third-order valence-corrected chi connectivity index (χ3v) is 5.01. The average Bonchev–Trinajstić information content (AvgIpc) is 2.69. The van der Waals surface area contributed by atoms with E-state index in [1.54, 1.807) is 32.0 Å². The van der Waals surface area contributed by atoms with Crippen molar-refractivity contribution in [3.63, 3.8) is 0 Å². The number of hydrogen-bond acceptors (Lipinski definition) is 6. The number of aromatic nitrogens is 1. The fraction of sp³-hybridized carbons (Fsp3) is 0.238. The number of nitrogens with one attached hydrogen (secondary N) is 1. The van der Waals surface area contributed by atoms with Gasteiger partial charge in [-0.2, -0.15) is 0 Å². The molecule has 1 aromatic heterocycles. The third-order valence-electron chi connectivity index (χ3n) is 4.27. The van der Waals surface area contributed by atoms with Crippen molar-refractivity contribution in [1.29, 1.82) is 0 Å². The van der Waals surface area contributed by atoms with E-state index in [1.807, 2.05) is 49.6 Å². The Morgan fingerprint density at radius 2 is 1.93 bits per heavy atom. The number of esters is 1. The number of aryl methyl sites for hydroxylation is 1. The Bertz CT molecular complexity index is 971. The predicted molar refractivity (Wildman–Crippen MR) is 110 cm³/mol. The molecule has 0 unspecified atom stereocenters. The van der Waals surface area contributed by atoms with Crippen LogP contribution in [0.4, 0.5) is 11.4 Å². The van der Waals surface area contributed by atoms with Gasteiger partial charge in [0.05, 0.1) is 19.4 Å². The smallest absolute Gasteiger partial charge is 0.341 e. The van der Waals surface area contributed by atoms with Gasteiger partial charge in [-0.1, -0.05) is 6.07 Å². The molecule has 0 atom stereocenters. The topological polar surface area (TPSA) is 60.5 Å². The van der Waals surface area contributed by atoms with Crippen molar-refractivity contribution < 1.29 is 14.3 Å². The summed E-state index contributed by atoms with van der Waals surface area (Å²) in [6, 6.07) is 11.9. The molecule has 27 heavy (non-hydrogen) atoms. The quantitative estimate of drug-likeness (QED) is 0.467. The molecule has 0 spiro atoms. The maximum absolute atomic E-state index is 12.5. The summed E-state index contributed by atoms with van der Waals surface area (Å²) in [4.78, 5) is 18.2. The van der Waals surface area contributed by atoms with E-state index in [1.165, 1.54) is 4.90 Å². The first kappa shape index (κ1) is 19.0. The van der Waals surface area contributed by atoms with Crippen molar-refractivity contribution in [2.45, 2.75) is 18.7 Å². The Hall–Kier alpha value is -2.73. The van der Waals surface area contributed by atoms with Crippen molar-refractivity contribution in [2.75, 3.05) is 25.3 Å². The number of hydrogen-bond donors (Lipinski definition) is 1. The average molecular weight is 382 g/mol. The molecule has 0 aliphatic rings. The Labute approximate surface area is 163 Å². The fourth-order valence-electron chi connectivity index (χ4n) is 2.92.